The second-order valence-electron chi connectivity index (χ2n) is 3.35. The number of alkyl halides is 1. The highest BCUT2D eigenvalue weighted by Gasteiger charge is 2.11. The van der Waals surface area contributed by atoms with E-state index in [4.69, 9.17) is 11.6 Å². The van der Waals surface area contributed by atoms with E-state index in [1.807, 2.05) is 6.08 Å². The summed E-state index contributed by atoms with van der Waals surface area (Å²) in [6, 6.07) is 0. The summed E-state index contributed by atoms with van der Waals surface area (Å²) < 4.78 is 1.60. The minimum atomic E-state index is -0.356. The molecule has 0 fully saturated rings. The number of aldehydes is 1. The smallest absolute Gasteiger partial charge is 0.174 e. The van der Waals surface area contributed by atoms with Crippen LogP contribution in [0.5, 0.6) is 0 Å². The van der Waals surface area contributed by atoms with Crippen LogP contribution in [0.4, 0.5) is 0 Å². The first-order valence-corrected chi connectivity index (χ1v) is 5.16. The van der Waals surface area contributed by atoms with Crippen molar-refractivity contribution in [1.82, 2.24) is 20.4 Å². The molecule has 0 saturated carbocycles. The summed E-state index contributed by atoms with van der Waals surface area (Å²) >= 11 is 5.84. The van der Waals surface area contributed by atoms with Crippen molar-refractivity contribution < 1.29 is 4.79 Å². The van der Waals surface area contributed by atoms with Crippen molar-refractivity contribution >= 4 is 23.5 Å². The van der Waals surface area contributed by atoms with Gasteiger partial charge in [-0.1, -0.05) is 11.6 Å². The van der Waals surface area contributed by atoms with Crippen molar-refractivity contribution in [3.8, 4) is 0 Å². The molecule has 1 atom stereocenters. The molecule has 1 aliphatic rings. The molecule has 6 heteroatoms. The maximum absolute atomic E-state index is 10.8. The molecule has 0 aromatic carbocycles. The van der Waals surface area contributed by atoms with Crippen molar-refractivity contribution in [2.45, 2.75) is 5.62 Å². The molecule has 0 aliphatic carbocycles. The Morgan fingerprint density at radius 2 is 2.38 bits per heavy atom. The van der Waals surface area contributed by atoms with Gasteiger partial charge in [0.2, 0.25) is 0 Å². The van der Waals surface area contributed by atoms with E-state index in [2.05, 4.69) is 15.7 Å². The number of nitrogens with one attached hydrogen (secondary N) is 2. The van der Waals surface area contributed by atoms with Crippen LogP contribution in [0.3, 0.4) is 0 Å². The molecule has 2 heterocycles. The zero-order chi connectivity index (χ0) is 11.5. The Morgan fingerprint density at radius 1 is 1.56 bits per heavy atom. The summed E-state index contributed by atoms with van der Waals surface area (Å²) in [6.07, 6.45) is 7.83. The molecule has 5 nitrogen and oxygen atoms in total. The predicted octanol–water partition coefficient (Wildman–Crippen LogP) is 0.802. The fourth-order valence-corrected chi connectivity index (χ4v) is 1.60. The Kier molecular flexibility index (Phi) is 2.96. The summed E-state index contributed by atoms with van der Waals surface area (Å²) in [5.74, 6) is 0. The van der Waals surface area contributed by atoms with Gasteiger partial charge in [0.15, 0.2) is 11.9 Å². The second kappa shape index (κ2) is 4.40. The number of allylic oxidation sites excluding steroid dienone is 2. The molecule has 0 spiro atoms. The first kappa shape index (κ1) is 10.8. The van der Waals surface area contributed by atoms with E-state index in [1.165, 1.54) is 0 Å². The third-order valence-corrected chi connectivity index (χ3v) is 2.42. The van der Waals surface area contributed by atoms with Gasteiger partial charge in [0.1, 0.15) is 5.69 Å². The maximum atomic E-state index is 10.8. The lowest BCUT2D eigenvalue weighted by atomic mass is 10.1. The highest BCUT2D eigenvalue weighted by atomic mass is 35.5. The Labute approximate surface area is 97.8 Å². The van der Waals surface area contributed by atoms with Gasteiger partial charge in [0.25, 0.3) is 0 Å². The quantitative estimate of drug-likeness (QED) is 0.455. The largest absolute Gasteiger partial charge is 0.359 e. The Balaban J connectivity index is 2.39. The van der Waals surface area contributed by atoms with Gasteiger partial charge in [-0.05, 0) is 12.3 Å². The number of nitrogens with zero attached hydrogens (tertiary/aromatic N) is 2. The van der Waals surface area contributed by atoms with Crippen LogP contribution in [-0.4, -0.2) is 21.7 Å². The minimum absolute atomic E-state index is 0.356. The molecular weight excluding hydrogens is 228 g/mol. The molecule has 0 bridgehead atoms. The van der Waals surface area contributed by atoms with Crippen LogP contribution >= 0.6 is 11.6 Å². The molecule has 0 saturated heterocycles. The van der Waals surface area contributed by atoms with E-state index in [0.717, 1.165) is 17.4 Å². The molecule has 16 heavy (non-hydrogen) atoms. The molecule has 1 unspecified atom stereocenters. The fourth-order valence-electron chi connectivity index (χ4n) is 1.46. The van der Waals surface area contributed by atoms with Crippen LogP contribution < -0.4 is 10.6 Å². The number of rotatable bonds is 2. The lowest BCUT2D eigenvalue weighted by Gasteiger charge is -2.06. The van der Waals surface area contributed by atoms with Crippen LogP contribution in [-0.2, 0) is 7.05 Å². The summed E-state index contributed by atoms with van der Waals surface area (Å²) in [5.41, 5.74) is 1.68. The molecule has 1 aromatic heterocycles. The van der Waals surface area contributed by atoms with E-state index in [0.29, 0.717) is 5.69 Å². The summed E-state index contributed by atoms with van der Waals surface area (Å²) in [7, 11) is 1.77. The predicted molar refractivity (Wildman–Crippen MR) is 61.6 cm³/mol. The molecule has 2 N–H and O–H groups in total. The van der Waals surface area contributed by atoms with Crippen LogP contribution in [0.2, 0.25) is 0 Å². The third kappa shape index (κ3) is 2.09. The second-order valence-corrected chi connectivity index (χ2v) is 3.78. The standard InChI is InChI=1S/C10H11ClN4O/c1-15-5-8(9(6-16)14-15)7-2-3-12-10(11)13-4-7/h2-6,10,12-13H,1H3. The topological polar surface area (TPSA) is 59.0 Å². The first-order valence-electron chi connectivity index (χ1n) is 4.73. The van der Waals surface area contributed by atoms with Crippen LogP contribution in [0, 0.1) is 0 Å². The zero-order valence-electron chi connectivity index (χ0n) is 8.64. The van der Waals surface area contributed by atoms with E-state index < -0.39 is 0 Å². The Bertz CT molecular complexity index is 463. The number of aryl methyl sites for hydroxylation is 1. The summed E-state index contributed by atoms with van der Waals surface area (Å²) in [4.78, 5) is 10.8. The number of carbonyl (C=O) groups is 1. The fraction of sp³-hybridized carbons (Fsp3) is 0.200. The molecule has 1 aromatic rings. The van der Waals surface area contributed by atoms with Crippen molar-refractivity contribution in [2.24, 2.45) is 7.05 Å². The maximum Gasteiger partial charge on any atom is 0.174 e. The lowest BCUT2D eigenvalue weighted by molar-refractivity contribution is 0.111. The molecule has 0 radical (unpaired) electrons. The number of hydrogen-bond acceptors (Lipinski definition) is 4. The van der Waals surface area contributed by atoms with Crippen LogP contribution in [0.1, 0.15) is 16.1 Å². The number of hydrogen-bond donors (Lipinski definition) is 2. The summed E-state index contributed by atoms with van der Waals surface area (Å²) in [5, 5.41) is 9.87. The minimum Gasteiger partial charge on any atom is -0.359 e. The van der Waals surface area contributed by atoms with E-state index in [-0.39, 0.29) is 5.62 Å². The van der Waals surface area contributed by atoms with Crippen LogP contribution in [0.25, 0.3) is 5.57 Å². The summed E-state index contributed by atoms with van der Waals surface area (Å²) in [6.45, 7) is 0. The molecular formula is C10H11ClN4O. The highest BCUT2D eigenvalue weighted by Crippen LogP contribution is 2.18. The average molecular weight is 239 g/mol. The van der Waals surface area contributed by atoms with E-state index >= 15 is 0 Å². The molecule has 1 aliphatic heterocycles. The Morgan fingerprint density at radius 3 is 3.12 bits per heavy atom. The normalized spacial score (nSPS) is 19.4. The van der Waals surface area contributed by atoms with Gasteiger partial charge >= 0.3 is 0 Å². The van der Waals surface area contributed by atoms with Crippen molar-refractivity contribution in [3.05, 3.63) is 35.9 Å². The van der Waals surface area contributed by atoms with E-state index in [1.54, 1.807) is 30.3 Å². The highest BCUT2D eigenvalue weighted by molar-refractivity contribution is 6.20. The SMILES string of the molecule is Cn1cc(C2=CNC(Cl)NC=C2)c(C=O)n1. The number of aromatic nitrogens is 2. The lowest BCUT2D eigenvalue weighted by Crippen LogP contribution is -2.29. The van der Waals surface area contributed by atoms with Gasteiger partial charge < -0.3 is 10.6 Å². The number of carbonyl (C=O) groups excluding carboxylic acids is 1. The first-order chi connectivity index (χ1) is 7.70. The average Bonchev–Trinajstić information content (AvgIpc) is 2.50. The van der Waals surface area contributed by atoms with Gasteiger partial charge in [-0.2, -0.15) is 5.10 Å². The van der Waals surface area contributed by atoms with Crippen LogP contribution in [0.15, 0.2) is 24.7 Å². The Hall–Kier alpha value is -1.75. The zero-order valence-corrected chi connectivity index (χ0v) is 9.40. The van der Waals surface area contributed by atoms with Gasteiger partial charge in [0, 0.05) is 30.6 Å². The van der Waals surface area contributed by atoms with Gasteiger partial charge in [-0.3, -0.25) is 9.48 Å². The van der Waals surface area contributed by atoms with Gasteiger partial charge in [-0.15, -0.1) is 0 Å². The van der Waals surface area contributed by atoms with Crippen molar-refractivity contribution in [2.75, 3.05) is 0 Å². The van der Waals surface area contributed by atoms with Crippen molar-refractivity contribution in [1.29, 1.82) is 0 Å². The number of halogens is 1. The van der Waals surface area contributed by atoms with E-state index in [9.17, 15) is 4.79 Å². The van der Waals surface area contributed by atoms with Crippen molar-refractivity contribution in [3.63, 3.8) is 0 Å². The monoisotopic (exact) mass is 238 g/mol. The molecule has 0 amide bonds. The third-order valence-electron chi connectivity index (χ3n) is 2.17. The van der Waals surface area contributed by atoms with Gasteiger partial charge in [0.05, 0.1) is 0 Å². The molecule has 2 rings (SSSR count). The van der Waals surface area contributed by atoms with Gasteiger partial charge in [-0.25, -0.2) is 0 Å². The molecule has 84 valence electrons.